The summed E-state index contributed by atoms with van der Waals surface area (Å²) in [6, 6.07) is 21.7. The van der Waals surface area contributed by atoms with Crippen molar-refractivity contribution in [3.05, 3.63) is 94.5 Å². The summed E-state index contributed by atoms with van der Waals surface area (Å²) >= 11 is 0. The third-order valence-corrected chi connectivity index (χ3v) is 6.69. The van der Waals surface area contributed by atoms with Crippen LogP contribution >= 0.6 is 0 Å². The largest absolute Gasteiger partial charge is 0.493 e. The van der Waals surface area contributed by atoms with E-state index in [2.05, 4.69) is 12.1 Å². The lowest BCUT2D eigenvalue weighted by atomic mass is 9.75. The maximum atomic E-state index is 12.8. The zero-order valence-electron chi connectivity index (χ0n) is 18.5. The monoisotopic (exact) mass is 425 g/mol. The number of hydrogen-bond donors (Lipinski definition) is 0. The van der Waals surface area contributed by atoms with Crippen molar-refractivity contribution < 1.29 is 14.3 Å². The number of carbonyl (C=O) groups excluding carboxylic acids is 1. The van der Waals surface area contributed by atoms with Gasteiger partial charge in [0.15, 0.2) is 17.3 Å². The zero-order chi connectivity index (χ0) is 22.1. The average molecular weight is 426 g/mol. The van der Waals surface area contributed by atoms with Gasteiger partial charge >= 0.3 is 0 Å². The molecule has 0 N–H and O–H groups in total. The second-order valence-electron chi connectivity index (χ2n) is 8.50. The van der Waals surface area contributed by atoms with Crippen LogP contribution in [0.3, 0.4) is 0 Å². The molecule has 1 aliphatic heterocycles. The van der Waals surface area contributed by atoms with Crippen LogP contribution in [0.1, 0.15) is 64.2 Å². The Balaban J connectivity index is 1.56. The summed E-state index contributed by atoms with van der Waals surface area (Å²) < 4.78 is 11.2. The van der Waals surface area contributed by atoms with Crippen molar-refractivity contribution in [2.45, 2.75) is 37.6 Å². The highest BCUT2D eigenvalue weighted by Gasteiger charge is 2.34. The number of aliphatic imine (C=N–C) groups is 1. The first-order chi connectivity index (χ1) is 15.7. The molecule has 1 aliphatic carbocycles. The number of nitrogens with zero attached hydrogens (tertiary/aromatic N) is 1. The number of benzene rings is 3. The Morgan fingerprint density at radius 1 is 0.844 bits per heavy atom. The van der Waals surface area contributed by atoms with E-state index in [0.29, 0.717) is 22.8 Å². The lowest BCUT2D eigenvalue weighted by Crippen LogP contribution is -2.29. The van der Waals surface area contributed by atoms with Crippen LogP contribution in [0.15, 0.2) is 71.7 Å². The second-order valence-corrected chi connectivity index (χ2v) is 8.50. The van der Waals surface area contributed by atoms with Gasteiger partial charge < -0.3 is 9.47 Å². The van der Waals surface area contributed by atoms with Crippen LogP contribution < -0.4 is 9.47 Å². The van der Waals surface area contributed by atoms with E-state index in [0.717, 1.165) is 35.4 Å². The van der Waals surface area contributed by atoms with Crippen LogP contribution in [0.25, 0.3) is 0 Å². The Morgan fingerprint density at radius 2 is 1.50 bits per heavy atom. The standard InChI is InChI=1S/C28H27NO3/c1-31-25-16-22-21-10-6-7-11-24(21)29-27(23(22)17-26(25)32-2)18-12-14-20(15-13-18)28(30)19-8-4-3-5-9-19/h3-5,8-9,12-17,21,24H,6-7,10-11H2,1-2H3/t21-,24-/m0/s1. The lowest BCUT2D eigenvalue weighted by Gasteiger charge is -2.35. The van der Waals surface area contributed by atoms with E-state index in [4.69, 9.17) is 14.5 Å². The highest BCUT2D eigenvalue weighted by Crippen LogP contribution is 2.44. The van der Waals surface area contributed by atoms with Crippen LogP contribution in [-0.4, -0.2) is 31.8 Å². The fourth-order valence-electron chi connectivity index (χ4n) is 5.04. The number of ether oxygens (including phenoxy) is 2. The Labute approximate surface area is 188 Å². The summed E-state index contributed by atoms with van der Waals surface area (Å²) in [4.78, 5) is 18.0. The molecule has 0 saturated heterocycles. The van der Waals surface area contributed by atoms with Crippen LogP contribution in [0.5, 0.6) is 11.5 Å². The molecule has 0 unspecified atom stereocenters. The first kappa shape index (κ1) is 20.5. The molecule has 0 bridgehead atoms. The van der Waals surface area contributed by atoms with Crippen LogP contribution in [0.4, 0.5) is 0 Å². The average Bonchev–Trinajstić information content (AvgIpc) is 2.87. The molecule has 162 valence electrons. The van der Waals surface area contributed by atoms with E-state index in [-0.39, 0.29) is 11.8 Å². The minimum absolute atomic E-state index is 0.0295. The van der Waals surface area contributed by atoms with Gasteiger partial charge in [-0.25, -0.2) is 0 Å². The molecule has 0 amide bonds. The fourth-order valence-corrected chi connectivity index (χ4v) is 5.04. The third kappa shape index (κ3) is 3.60. The summed E-state index contributed by atoms with van der Waals surface area (Å²) in [5.41, 5.74) is 5.77. The SMILES string of the molecule is COc1cc2c(cc1OC)[C@@H]1CCCC[C@@H]1N=C2c1ccc(C(=O)c2ccccc2)cc1. The number of fused-ring (bicyclic) bond motifs is 3. The summed E-state index contributed by atoms with van der Waals surface area (Å²) in [5, 5.41) is 0. The molecule has 1 fully saturated rings. The molecule has 0 spiro atoms. The van der Waals surface area contributed by atoms with Crippen LogP contribution in [0.2, 0.25) is 0 Å². The van der Waals surface area contributed by atoms with E-state index in [1.54, 1.807) is 14.2 Å². The Hall–Kier alpha value is -3.40. The number of hydrogen-bond acceptors (Lipinski definition) is 4. The van der Waals surface area contributed by atoms with Crippen molar-refractivity contribution >= 4 is 11.5 Å². The molecular formula is C28H27NO3. The van der Waals surface area contributed by atoms with Gasteiger partial charge in [-0.05, 0) is 30.5 Å². The molecule has 2 aliphatic rings. The number of methoxy groups -OCH3 is 2. The summed E-state index contributed by atoms with van der Waals surface area (Å²) in [5.74, 6) is 1.92. The highest BCUT2D eigenvalue weighted by molar-refractivity contribution is 6.16. The van der Waals surface area contributed by atoms with Gasteiger partial charge in [-0.2, -0.15) is 0 Å². The van der Waals surface area contributed by atoms with Gasteiger partial charge in [0.25, 0.3) is 0 Å². The van der Waals surface area contributed by atoms with Gasteiger partial charge in [0.2, 0.25) is 0 Å². The normalized spacial score (nSPS) is 19.4. The van der Waals surface area contributed by atoms with Crippen molar-refractivity contribution in [2.75, 3.05) is 14.2 Å². The van der Waals surface area contributed by atoms with Crippen LogP contribution in [-0.2, 0) is 0 Å². The van der Waals surface area contributed by atoms with Gasteiger partial charge in [-0.3, -0.25) is 9.79 Å². The first-order valence-electron chi connectivity index (χ1n) is 11.2. The van der Waals surface area contributed by atoms with Gasteiger partial charge in [-0.15, -0.1) is 0 Å². The summed E-state index contributed by atoms with van der Waals surface area (Å²) in [6.07, 6.45) is 4.70. The van der Waals surface area contributed by atoms with Gasteiger partial charge in [0.05, 0.1) is 26.0 Å². The number of carbonyl (C=O) groups is 1. The maximum Gasteiger partial charge on any atom is 0.193 e. The first-order valence-corrected chi connectivity index (χ1v) is 11.2. The molecule has 4 heteroatoms. The maximum absolute atomic E-state index is 12.8. The molecule has 32 heavy (non-hydrogen) atoms. The molecule has 3 aromatic carbocycles. The molecule has 1 saturated carbocycles. The summed E-state index contributed by atoms with van der Waals surface area (Å²) in [7, 11) is 3.35. The number of rotatable bonds is 5. The van der Waals surface area contributed by atoms with E-state index in [1.165, 1.54) is 18.4 Å². The van der Waals surface area contributed by atoms with Crippen molar-refractivity contribution in [1.29, 1.82) is 0 Å². The topological polar surface area (TPSA) is 47.9 Å². The van der Waals surface area contributed by atoms with Crippen molar-refractivity contribution in [3.8, 4) is 11.5 Å². The van der Waals surface area contributed by atoms with Gasteiger partial charge in [0, 0.05) is 28.2 Å². The smallest absolute Gasteiger partial charge is 0.193 e. The molecule has 0 radical (unpaired) electrons. The van der Waals surface area contributed by atoms with Gasteiger partial charge in [-0.1, -0.05) is 67.4 Å². The predicted octanol–water partition coefficient (Wildman–Crippen LogP) is 5.81. The van der Waals surface area contributed by atoms with E-state index >= 15 is 0 Å². The molecule has 4 nitrogen and oxygen atoms in total. The quantitative estimate of drug-likeness (QED) is 0.485. The third-order valence-electron chi connectivity index (χ3n) is 6.69. The van der Waals surface area contributed by atoms with E-state index < -0.39 is 0 Å². The fraction of sp³-hybridized carbons (Fsp3) is 0.286. The minimum atomic E-state index is 0.0295. The van der Waals surface area contributed by atoms with E-state index in [9.17, 15) is 4.79 Å². The Kier molecular flexibility index (Phi) is 5.52. The Morgan fingerprint density at radius 3 is 2.22 bits per heavy atom. The molecule has 5 rings (SSSR count). The minimum Gasteiger partial charge on any atom is -0.493 e. The second kappa shape index (κ2) is 8.62. The van der Waals surface area contributed by atoms with Crippen molar-refractivity contribution in [1.82, 2.24) is 0 Å². The molecule has 3 aromatic rings. The van der Waals surface area contributed by atoms with Gasteiger partial charge in [0.1, 0.15) is 0 Å². The number of ketones is 1. The molecular weight excluding hydrogens is 398 g/mol. The molecule has 1 heterocycles. The highest BCUT2D eigenvalue weighted by atomic mass is 16.5. The van der Waals surface area contributed by atoms with Crippen molar-refractivity contribution in [2.24, 2.45) is 4.99 Å². The van der Waals surface area contributed by atoms with Crippen molar-refractivity contribution in [3.63, 3.8) is 0 Å². The molecule has 2 atom stereocenters. The summed E-state index contributed by atoms with van der Waals surface area (Å²) in [6.45, 7) is 0. The van der Waals surface area contributed by atoms with Crippen LogP contribution in [0, 0.1) is 0 Å². The lowest BCUT2D eigenvalue weighted by molar-refractivity contribution is 0.103. The molecule has 0 aromatic heterocycles. The van der Waals surface area contributed by atoms with E-state index in [1.807, 2.05) is 54.6 Å². The predicted molar refractivity (Wildman–Crippen MR) is 126 cm³/mol. The zero-order valence-corrected chi connectivity index (χ0v) is 18.5. The Bertz CT molecular complexity index is 1170.